The SMILES string of the molecule is C[N+]1(Cc2ccc(C(=O)O)cc2)CCN(Cc2ccc(C(=O)O)cc2)CC1.Cl.Cl. The third-order valence-corrected chi connectivity index (χ3v) is 5.28. The van der Waals surface area contributed by atoms with Crippen molar-refractivity contribution in [2.24, 2.45) is 0 Å². The number of carboxylic acid groups (broad SMARTS) is 2. The van der Waals surface area contributed by atoms with E-state index in [1.807, 2.05) is 24.3 Å². The van der Waals surface area contributed by atoms with Gasteiger partial charge in [0.15, 0.2) is 0 Å². The monoisotopic (exact) mass is 441 g/mol. The number of benzene rings is 2. The third-order valence-electron chi connectivity index (χ3n) is 5.28. The number of hydrogen-bond donors (Lipinski definition) is 2. The first-order chi connectivity index (χ1) is 12.8. The van der Waals surface area contributed by atoms with E-state index in [0.717, 1.165) is 54.9 Å². The number of nitrogens with zero attached hydrogens (tertiary/aromatic N) is 2. The molecule has 2 N–H and O–H groups in total. The summed E-state index contributed by atoms with van der Waals surface area (Å²) in [4.78, 5) is 24.3. The van der Waals surface area contributed by atoms with Crippen molar-refractivity contribution < 1.29 is 24.3 Å². The lowest BCUT2D eigenvalue weighted by Crippen LogP contribution is -2.56. The Kier molecular flexibility index (Phi) is 9.11. The number of quaternary nitrogens is 1. The van der Waals surface area contributed by atoms with Gasteiger partial charge in [-0.1, -0.05) is 24.3 Å². The van der Waals surface area contributed by atoms with Gasteiger partial charge in [-0.05, 0) is 29.8 Å². The zero-order valence-electron chi connectivity index (χ0n) is 16.3. The molecule has 158 valence electrons. The molecule has 0 amide bonds. The van der Waals surface area contributed by atoms with Gasteiger partial charge in [-0.2, -0.15) is 0 Å². The fourth-order valence-corrected chi connectivity index (χ4v) is 3.51. The van der Waals surface area contributed by atoms with Crippen molar-refractivity contribution in [3.8, 4) is 0 Å². The molecule has 2 aromatic rings. The Balaban J connectivity index is 0.00000210. The molecule has 0 saturated carbocycles. The highest BCUT2D eigenvalue weighted by Gasteiger charge is 2.28. The second kappa shape index (κ2) is 10.6. The first-order valence-electron chi connectivity index (χ1n) is 9.05. The number of rotatable bonds is 6. The Morgan fingerprint density at radius 3 is 1.66 bits per heavy atom. The van der Waals surface area contributed by atoms with Crippen LogP contribution in [0.1, 0.15) is 31.8 Å². The second-order valence-corrected chi connectivity index (χ2v) is 7.51. The average molecular weight is 442 g/mol. The minimum Gasteiger partial charge on any atom is -0.478 e. The van der Waals surface area contributed by atoms with Crippen molar-refractivity contribution in [2.75, 3.05) is 33.2 Å². The fourth-order valence-electron chi connectivity index (χ4n) is 3.51. The lowest BCUT2D eigenvalue weighted by atomic mass is 10.1. The van der Waals surface area contributed by atoms with Gasteiger partial charge >= 0.3 is 11.9 Å². The van der Waals surface area contributed by atoms with Crippen LogP contribution in [0.5, 0.6) is 0 Å². The molecule has 0 aliphatic carbocycles. The van der Waals surface area contributed by atoms with Crippen molar-refractivity contribution >= 4 is 36.8 Å². The zero-order chi connectivity index (χ0) is 19.4. The number of hydrogen-bond acceptors (Lipinski definition) is 3. The quantitative estimate of drug-likeness (QED) is 0.671. The molecule has 0 spiro atoms. The van der Waals surface area contributed by atoms with Gasteiger partial charge in [0.1, 0.15) is 6.54 Å². The highest BCUT2D eigenvalue weighted by atomic mass is 35.5. The third kappa shape index (κ3) is 6.72. The largest absolute Gasteiger partial charge is 0.478 e. The molecule has 1 saturated heterocycles. The Labute approximate surface area is 183 Å². The number of halogens is 2. The summed E-state index contributed by atoms with van der Waals surface area (Å²) in [7, 11) is 2.24. The molecule has 0 unspecified atom stereocenters. The number of likely N-dealkylation sites (N-methyl/N-ethyl adjacent to an activating group) is 1. The van der Waals surface area contributed by atoms with Crippen LogP contribution < -0.4 is 0 Å². The van der Waals surface area contributed by atoms with E-state index < -0.39 is 11.9 Å². The van der Waals surface area contributed by atoms with Gasteiger partial charge in [-0.15, -0.1) is 24.8 Å². The van der Waals surface area contributed by atoms with Crippen molar-refractivity contribution in [1.82, 2.24) is 4.90 Å². The topological polar surface area (TPSA) is 77.8 Å². The predicted octanol–water partition coefficient (Wildman–Crippen LogP) is 3.39. The van der Waals surface area contributed by atoms with E-state index in [9.17, 15) is 9.59 Å². The number of carboxylic acids is 2. The van der Waals surface area contributed by atoms with Gasteiger partial charge in [-0.25, -0.2) is 9.59 Å². The maximum atomic E-state index is 11.0. The molecule has 6 nitrogen and oxygen atoms in total. The lowest BCUT2D eigenvalue weighted by Gasteiger charge is -2.42. The Bertz CT molecular complexity index is 818. The lowest BCUT2D eigenvalue weighted by molar-refractivity contribution is -0.926. The summed E-state index contributed by atoms with van der Waals surface area (Å²) in [5.41, 5.74) is 2.91. The number of piperazine rings is 1. The standard InChI is InChI=1S/C21H24N2O4.2ClH/c1-23(15-17-4-8-19(9-5-17)21(26)27)12-10-22(11-13-23)14-16-2-6-18(7-3-16)20(24)25;;/h2-9H,10-15H2,1H3,(H-,24,25,26,27);2*1H/p+1. The Morgan fingerprint density at radius 2 is 1.24 bits per heavy atom. The van der Waals surface area contributed by atoms with Crippen LogP contribution in [0.15, 0.2) is 48.5 Å². The molecule has 0 bridgehead atoms. The van der Waals surface area contributed by atoms with Crippen molar-refractivity contribution in [3.63, 3.8) is 0 Å². The minimum atomic E-state index is -0.899. The van der Waals surface area contributed by atoms with Crippen LogP contribution in [0.4, 0.5) is 0 Å². The van der Waals surface area contributed by atoms with E-state index in [2.05, 4.69) is 11.9 Å². The molecule has 1 aliphatic rings. The molecule has 0 aromatic heterocycles. The fraction of sp³-hybridized carbons (Fsp3) is 0.333. The number of carbonyl (C=O) groups is 2. The van der Waals surface area contributed by atoms with Gasteiger partial charge in [0.2, 0.25) is 0 Å². The summed E-state index contributed by atoms with van der Waals surface area (Å²) in [6.07, 6.45) is 0. The van der Waals surface area contributed by atoms with Crippen molar-refractivity contribution in [1.29, 1.82) is 0 Å². The van der Waals surface area contributed by atoms with Gasteiger partial charge in [-0.3, -0.25) is 4.90 Å². The van der Waals surface area contributed by atoms with E-state index >= 15 is 0 Å². The molecular formula is C21H27Cl2N2O4+. The average Bonchev–Trinajstić information content (AvgIpc) is 2.64. The molecule has 3 rings (SSSR count). The van der Waals surface area contributed by atoms with E-state index in [0.29, 0.717) is 11.1 Å². The highest BCUT2D eigenvalue weighted by molar-refractivity contribution is 5.88. The van der Waals surface area contributed by atoms with E-state index in [1.54, 1.807) is 24.3 Å². The van der Waals surface area contributed by atoms with Gasteiger partial charge in [0.05, 0.1) is 31.3 Å². The molecule has 0 atom stereocenters. The first-order valence-corrected chi connectivity index (χ1v) is 9.05. The smallest absolute Gasteiger partial charge is 0.335 e. The van der Waals surface area contributed by atoms with E-state index in [4.69, 9.17) is 10.2 Å². The molecule has 1 heterocycles. The normalized spacial score (nSPS) is 15.6. The van der Waals surface area contributed by atoms with Gasteiger partial charge in [0, 0.05) is 25.2 Å². The van der Waals surface area contributed by atoms with Crippen LogP contribution in [-0.4, -0.2) is 64.8 Å². The predicted molar refractivity (Wildman–Crippen MR) is 116 cm³/mol. The maximum Gasteiger partial charge on any atom is 0.335 e. The van der Waals surface area contributed by atoms with E-state index in [1.165, 1.54) is 0 Å². The molecule has 1 fully saturated rings. The van der Waals surface area contributed by atoms with Crippen LogP contribution in [0.2, 0.25) is 0 Å². The molecule has 1 aliphatic heterocycles. The summed E-state index contributed by atoms with van der Waals surface area (Å²) in [5, 5.41) is 18.0. The minimum absolute atomic E-state index is 0. The van der Waals surface area contributed by atoms with Crippen LogP contribution >= 0.6 is 24.8 Å². The molecule has 0 radical (unpaired) electrons. The number of aromatic carboxylic acids is 2. The molecule has 2 aromatic carbocycles. The summed E-state index contributed by atoms with van der Waals surface area (Å²) >= 11 is 0. The zero-order valence-corrected chi connectivity index (χ0v) is 17.9. The van der Waals surface area contributed by atoms with Crippen LogP contribution in [0.3, 0.4) is 0 Å². The summed E-state index contributed by atoms with van der Waals surface area (Å²) in [5.74, 6) is -1.80. The first kappa shape index (κ1) is 24.9. The van der Waals surface area contributed by atoms with E-state index in [-0.39, 0.29) is 24.8 Å². The summed E-state index contributed by atoms with van der Waals surface area (Å²) < 4.78 is 0.931. The summed E-state index contributed by atoms with van der Waals surface area (Å²) in [6.45, 7) is 5.71. The maximum absolute atomic E-state index is 11.0. The second-order valence-electron chi connectivity index (χ2n) is 7.51. The van der Waals surface area contributed by atoms with Gasteiger partial charge < -0.3 is 14.7 Å². The summed E-state index contributed by atoms with van der Waals surface area (Å²) in [6, 6.07) is 14.2. The Hall–Kier alpha value is -2.12. The van der Waals surface area contributed by atoms with Crippen LogP contribution in [-0.2, 0) is 13.1 Å². The Morgan fingerprint density at radius 1 is 0.828 bits per heavy atom. The van der Waals surface area contributed by atoms with Crippen LogP contribution in [0, 0.1) is 0 Å². The van der Waals surface area contributed by atoms with Crippen molar-refractivity contribution in [3.05, 3.63) is 70.8 Å². The molecule has 8 heteroatoms. The molecular weight excluding hydrogens is 415 g/mol. The van der Waals surface area contributed by atoms with Crippen LogP contribution in [0.25, 0.3) is 0 Å². The highest BCUT2D eigenvalue weighted by Crippen LogP contribution is 2.18. The van der Waals surface area contributed by atoms with Crippen molar-refractivity contribution in [2.45, 2.75) is 13.1 Å². The van der Waals surface area contributed by atoms with Gasteiger partial charge in [0.25, 0.3) is 0 Å². The molecule has 29 heavy (non-hydrogen) atoms.